The molecule has 1 saturated heterocycles. The lowest BCUT2D eigenvalue weighted by molar-refractivity contribution is -0.384. The number of nitrogens with one attached hydrogen (secondary N) is 2. The predicted octanol–water partition coefficient (Wildman–Crippen LogP) is 2.84. The molecule has 0 unspecified atom stereocenters. The van der Waals surface area contributed by atoms with E-state index in [1.165, 1.54) is 5.56 Å². The van der Waals surface area contributed by atoms with Gasteiger partial charge in [0.2, 0.25) is 0 Å². The number of carbonyl (C=O) groups excluding carboxylic acids is 1. The topological polar surface area (TPSA) is 94.5 Å². The van der Waals surface area contributed by atoms with Gasteiger partial charge in [-0.15, -0.1) is 0 Å². The van der Waals surface area contributed by atoms with Gasteiger partial charge in [-0.05, 0) is 44.9 Å². The molecule has 1 aliphatic heterocycles. The lowest BCUT2D eigenvalue weighted by atomic mass is 9.74. The number of benzene rings is 1. The summed E-state index contributed by atoms with van der Waals surface area (Å²) in [6, 6.07) is 3.63. The number of urea groups is 1. The summed E-state index contributed by atoms with van der Waals surface area (Å²) < 4.78 is 0. The van der Waals surface area contributed by atoms with E-state index >= 15 is 0 Å². The Morgan fingerprint density at radius 3 is 2.82 bits per heavy atom. The number of H-pyrrole nitrogens is 1. The van der Waals surface area contributed by atoms with E-state index in [1.54, 1.807) is 17.0 Å². The quantitative estimate of drug-likeness (QED) is 0.625. The fourth-order valence-electron chi connectivity index (χ4n) is 4.98. The number of carbonyl (C=O) groups is 1. The third-order valence-corrected chi connectivity index (χ3v) is 6.37. The zero-order valence-electron chi connectivity index (χ0n) is 16.6. The van der Waals surface area contributed by atoms with Gasteiger partial charge in [-0.3, -0.25) is 10.1 Å². The van der Waals surface area contributed by atoms with E-state index in [2.05, 4.69) is 22.2 Å². The highest BCUT2D eigenvalue weighted by Gasteiger charge is 2.40. The number of fused-ring (bicyclic) bond motifs is 2. The predicted molar refractivity (Wildman–Crippen MR) is 108 cm³/mol. The molecule has 28 heavy (non-hydrogen) atoms. The molecule has 2 aromatic rings. The molecule has 0 spiro atoms. The summed E-state index contributed by atoms with van der Waals surface area (Å²) in [5.41, 5.74) is 3.20. The molecule has 0 bridgehead atoms. The van der Waals surface area contributed by atoms with Gasteiger partial charge >= 0.3 is 6.03 Å². The maximum atomic E-state index is 12.5. The number of likely N-dealkylation sites (tertiary alicyclic amines) is 1. The molecule has 2 aliphatic rings. The van der Waals surface area contributed by atoms with Crippen molar-refractivity contribution < 1.29 is 9.72 Å². The van der Waals surface area contributed by atoms with E-state index < -0.39 is 0 Å². The molecule has 2 N–H and O–H groups in total. The summed E-state index contributed by atoms with van der Waals surface area (Å²) >= 11 is 0. The molecule has 1 aromatic carbocycles. The number of amides is 2. The second-order valence-corrected chi connectivity index (χ2v) is 7.90. The van der Waals surface area contributed by atoms with Crippen molar-refractivity contribution in [3.63, 3.8) is 0 Å². The largest absolute Gasteiger partial charge is 0.361 e. The number of aromatic amines is 1. The first-order valence-corrected chi connectivity index (χ1v) is 9.96. The molecule has 2 heterocycles. The van der Waals surface area contributed by atoms with Gasteiger partial charge in [0.25, 0.3) is 5.69 Å². The maximum Gasteiger partial charge on any atom is 0.317 e. The number of nitro benzene ring substituents is 1. The van der Waals surface area contributed by atoms with Crippen LogP contribution in [-0.2, 0) is 6.42 Å². The molecular weight excluding hydrogens is 358 g/mol. The van der Waals surface area contributed by atoms with Crippen LogP contribution in [0.2, 0.25) is 0 Å². The first-order valence-electron chi connectivity index (χ1n) is 9.96. The molecule has 8 heteroatoms. The van der Waals surface area contributed by atoms with Gasteiger partial charge in [-0.1, -0.05) is 0 Å². The fraction of sp³-hybridized carbons (Fsp3) is 0.550. The van der Waals surface area contributed by atoms with Crippen LogP contribution < -0.4 is 5.32 Å². The summed E-state index contributed by atoms with van der Waals surface area (Å²) in [6.07, 6.45) is 3.70. The highest BCUT2D eigenvalue weighted by Crippen LogP contribution is 2.44. The highest BCUT2D eigenvalue weighted by atomic mass is 16.6. The number of piperidine rings is 1. The van der Waals surface area contributed by atoms with Crippen LogP contribution >= 0.6 is 0 Å². The zero-order chi connectivity index (χ0) is 20.0. The van der Waals surface area contributed by atoms with Crippen molar-refractivity contribution >= 4 is 22.6 Å². The molecule has 0 radical (unpaired) electrons. The molecule has 3 atom stereocenters. The SMILES string of the molecule is CCN(CC)C(=O)N[C@@H]1C[C@@H]2c3cc([N+](=O)[O-])cc4[nH]cc(c34)C[C@H]2N(C)C1. The minimum Gasteiger partial charge on any atom is -0.361 e. The van der Waals surface area contributed by atoms with Crippen molar-refractivity contribution in [1.29, 1.82) is 0 Å². The molecule has 150 valence electrons. The molecule has 4 rings (SSSR count). The maximum absolute atomic E-state index is 12.5. The third-order valence-electron chi connectivity index (χ3n) is 6.37. The van der Waals surface area contributed by atoms with E-state index in [1.807, 2.05) is 20.0 Å². The third kappa shape index (κ3) is 3.01. The van der Waals surface area contributed by atoms with E-state index in [0.717, 1.165) is 35.9 Å². The van der Waals surface area contributed by atoms with Gasteiger partial charge < -0.3 is 20.1 Å². The monoisotopic (exact) mass is 385 g/mol. The molecular formula is C20H27N5O3. The van der Waals surface area contributed by atoms with Crippen molar-refractivity contribution in [3.8, 4) is 0 Å². The number of hydrogen-bond acceptors (Lipinski definition) is 4. The number of likely N-dealkylation sites (N-methyl/N-ethyl adjacent to an activating group) is 1. The summed E-state index contributed by atoms with van der Waals surface area (Å²) in [6.45, 7) is 6.08. The Kier molecular flexibility index (Phi) is 4.74. The van der Waals surface area contributed by atoms with E-state index in [4.69, 9.17) is 0 Å². The van der Waals surface area contributed by atoms with E-state index in [-0.39, 0.29) is 34.6 Å². The van der Waals surface area contributed by atoms with Crippen LogP contribution in [0.4, 0.5) is 10.5 Å². The van der Waals surface area contributed by atoms with Gasteiger partial charge in [-0.25, -0.2) is 4.79 Å². The lowest BCUT2D eigenvalue weighted by Crippen LogP contribution is -2.56. The Hall–Kier alpha value is -2.61. The fourth-order valence-corrected chi connectivity index (χ4v) is 4.98. The van der Waals surface area contributed by atoms with E-state index in [9.17, 15) is 14.9 Å². The van der Waals surface area contributed by atoms with Crippen molar-refractivity contribution in [3.05, 3.63) is 39.6 Å². The average molecular weight is 385 g/mol. The number of non-ortho nitro benzene ring substituents is 1. The molecule has 1 aliphatic carbocycles. The second-order valence-electron chi connectivity index (χ2n) is 7.90. The van der Waals surface area contributed by atoms with Crippen LogP contribution in [-0.4, -0.2) is 64.5 Å². The van der Waals surface area contributed by atoms with Gasteiger partial charge in [0.05, 0.1) is 10.4 Å². The molecule has 1 aromatic heterocycles. The van der Waals surface area contributed by atoms with E-state index in [0.29, 0.717) is 13.1 Å². The van der Waals surface area contributed by atoms with Gasteiger partial charge in [0.1, 0.15) is 0 Å². The smallest absolute Gasteiger partial charge is 0.317 e. The first-order chi connectivity index (χ1) is 13.4. The molecule has 0 saturated carbocycles. The lowest BCUT2D eigenvalue weighted by Gasteiger charge is -2.45. The normalized spacial score (nSPS) is 24.0. The van der Waals surface area contributed by atoms with Crippen LogP contribution in [0.15, 0.2) is 18.3 Å². The second kappa shape index (κ2) is 7.09. The Bertz CT molecular complexity index is 920. The van der Waals surface area contributed by atoms with Crippen LogP contribution in [0, 0.1) is 10.1 Å². The van der Waals surface area contributed by atoms with Crippen molar-refractivity contribution in [1.82, 2.24) is 20.1 Å². The Balaban J connectivity index is 1.67. The first kappa shape index (κ1) is 18.7. The van der Waals surface area contributed by atoms with Crippen LogP contribution in [0.25, 0.3) is 10.9 Å². The number of aromatic nitrogens is 1. The minimum atomic E-state index is -0.327. The zero-order valence-corrected chi connectivity index (χ0v) is 16.6. The van der Waals surface area contributed by atoms with Crippen LogP contribution in [0.5, 0.6) is 0 Å². The minimum absolute atomic E-state index is 0.0224. The van der Waals surface area contributed by atoms with Crippen LogP contribution in [0.1, 0.15) is 37.3 Å². The summed E-state index contributed by atoms with van der Waals surface area (Å²) in [4.78, 5) is 30.9. The van der Waals surface area contributed by atoms with Gasteiger partial charge in [0, 0.05) is 61.4 Å². The summed E-state index contributed by atoms with van der Waals surface area (Å²) in [5.74, 6) is 0.159. The molecule has 1 fully saturated rings. The summed E-state index contributed by atoms with van der Waals surface area (Å²) in [5, 5.41) is 15.7. The van der Waals surface area contributed by atoms with Crippen LogP contribution in [0.3, 0.4) is 0 Å². The van der Waals surface area contributed by atoms with Gasteiger partial charge in [0.15, 0.2) is 0 Å². The number of hydrogen-bond donors (Lipinski definition) is 2. The van der Waals surface area contributed by atoms with Crippen molar-refractivity contribution in [2.45, 2.75) is 44.7 Å². The summed E-state index contributed by atoms with van der Waals surface area (Å²) in [7, 11) is 2.08. The molecule has 8 nitrogen and oxygen atoms in total. The standard InChI is InChI=1S/C20H27N5O3/c1-4-24(5-2)20(26)22-13-7-15-16-8-14(25(27)28)9-17-19(16)12(10-21-17)6-18(15)23(3)11-13/h8-10,13,15,18,21H,4-7,11H2,1-3H3,(H,22,26)/t13-,15-,18-/m1/s1. The number of nitro groups is 1. The molecule has 2 amide bonds. The van der Waals surface area contributed by atoms with Crippen molar-refractivity contribution in [2.75, 3.05) is 26.7 Å². The Morgan fingerprint density at radius 1 is 1.39 bits per heavy atom. The average Bonchev–Trinajstić information content (AvgIpc) is 3.07. The van der Waals surface area contributed by atoms with Gasteiger partial charge in [-0.2, -0.15) is 0 Å². The Morgan fingerprint density at radius 2 is 2.14 bits per heavy atom. The Labute approximate surface area is 164 Å². The number of rotatable bonds is 4. The number of nitrogens with zero attached hydrogens (tertiary/aromatic N) is 3. The van der Waals surface area contributed by atoms with Crippen molar-refractivity contribution in [2.24, 2.45) is 0 Å². The highest BCUT2D eigenvalue weighted by molar-refractivity contribution is 5.90.